The first-order valence-corrected chi connectivity index (χ1v) is 8.62. The normalized spacial score (nSPS) is 10.9. The number of primary amides is 1. The number of hydrogen-bond donors (Lipinski definition) is 2. The predicted molar refractivity (Wildman–Crippen MR) is 104 cm³/mol. The van der Waals surface area contributed by atoms with Gasteiger partial charge in [-0.25, -0.2) is 4.98 Å². The van der Waals surface area contributed by atoms with E-state index in [0.717, 1.165) is 39.0 Å². The quantitative estimate of drug-likeness (QED) is 0.567. The molecule has 0 atom stereocenters. The average Bonchev–Trinajstić information content (AvgIpc) is 3.12. The molecule has 0 spiro atoms. The van der Waals surface area contributed by atoms with Crippen molar-refractivity contribution < 1.29 is 9.53 Å². The van der Waals surface area contributed by atoms with Gasteiger partial charge in [-0.3, -0.25) is 9.78 Å². The number of carbonyl (C=O) groups excluding carboxylic acids is 1. The molecule has 1 aromatic carbocycles. The highest BCUT2D eigenvalue weighted by Crippen LogP contribution is 2.36. The van der Waals surface area contributed by atoms with Crippen LogP contribution in [-0.2, 0) is 0 Å². The number of benzene rings is 1. The van der Waals surface area contributed by atoms with Crippen LogP contribution in [-0.4, -0.2) is 27.5 Å². The summed E-state index contributed by atoms with van der Waals surface area (Å²) in [7, 11) is 0. The summed E-state index contributed by atoms with van der Waals surface area (Å²) >= 11 is 0. The third kappa shape index (κ3) is 3.13. The van der Waals surface area contributed by atoms with Crippen LogP contribution in [0.3, 0.4) is 0 Å². The molecule has 3 N–H and O–H groups in total. The Bertz CT molecular complexity index is 1130. The van der Waals surface area contributed by atoms with E-state index in [2.05, 4.69) is 15.0 Å². The number of aromatic nitrogens is 3. The summed E-state index contributed by atoms with van der Waals surface area (Å²) < 4.78 is 5.77. The first-order valence-electron chi connectivity index (χ1n) is 8.62. The Morgan fingerprint density at radius 1 is 1.11 bits per heavy atom. The zero-order valence-corrected chi connectivity index (χ0v) is 14.8. The second-order valence-corrected chi connectivity index (χ2v) is 6.08. The second-order valence-electron chi connectivity index (χ2n) is 6.08. The number of para-hydroxylation sites is 1. The summed E-state index contributed by atoms with van der Waals surface area (Å²) in [6.45, 7) is 2.55. The lowest BCUT2D eigenvalue weighted by atomic mass is 10.0. The van der Waals surface area contributed by atoms with Crippen molar-refractivity contribution in [3.8, 4) is 28.0 Å². The molecular weight excluding hydrogens is 340 g/mol. The maximum atomic E-state index is 11.4. The smallest absolute Gasteiger partial charge is 0.250 e. The fourth-order valence-corrected chi connectivity index (χ4v) is 3.09. The summed E-state index contributed by atoms with van der Waals surface area (Å²) in [4.78, 5) is 23.3. The molecule has 1 amide bonds. The highest BCUT2D eigenvalue weighted by atomic mass is 16.5. The molecule has 0 aliphatic heterocycles. The third-order valence-corrected chi connectivity index (χ3v) is 4.36. The minimum atomic E-state index is -0.508. The summed E-state index contributed by atoms with van der Waals surface area (Å²) in [6.07, 6.45) is 6.82. The first-order chi connectivity index (χ1) is 13.2. The highest BCUT2D eigenvalue weighted by Gasteiger charge is 2.13. The summed E-state index contributed by atoms with van der Waals surface area (Å²) in [5.41, 5.74) is 10.1. The Morgan fingerprint density at radius 3 is 2.74 bits per heavy atom. The zero-order chi connectivity index (χ0) is 18.8. The molecule has 4 rings (SSSR count). The number of fused-ring (bicyclic) bond motifs is 1. The molecule has 6 nitrogen and oxygen atoms in total. The molecule has 0 aliphatic rings. The zero-order valence-electron chi connectivity index (χ0n) is 14.8. The van der Waals surface area contributed by atoms with Crippen LogP contribution in [0.25, 0.3) is 33.3 Å². The van der Waals surface area contributed by atoms with Gasteiger partial charge in [0.15, 0.2) is 0 Å². The summed E-state index contributed by atoms with van der Waals surface area (Å²) in [5, 5.41) is 0.962. The number of ether oxygens (including phenoxy) is 1. The van der Waals surface area contributed by atoms with E-state index in [4.69, 9.17) is 10.5 Å². The average molecular weight is 358 g/mol. The van der Waals surface area contributed by atoms with Crippen molar-refractivity contribution in [1.82, 2.24) is 15.0 Å². The lowest BCUT2D eigenvalue weighted by molar-refractivity contribution is 0.1000. The number of nitrogens with two attached hydrogens (primary N) is 1. The fraction of sp³-hybridized carbons (Fsp3) is 0.0952. The molecule has 134 valence electrons. The number of pyridine rings is 2. The summed E-state index contributed by atoms with van der Waals surface area (Å²) in [6, 6.07) is 11.7. The predicted octanol–water partition coefficient (Wildman–Crippen LogP) is 3.79. The van der Waals surface area contributed by atoms with E-state index in [9.17, 15) is 4.79 Å². The topological polar surface area (TPSA) is 93.9 Å². The standard InChI is InChI=1S/C21H18N4O2/c1-2-27-19-6-4-3-5-16(19)18-12-25-21-17(18)8-14(11-24-21)13-7-15(20(22)26)10-23-9-13/h3-12H,2H2,1H3,(H2,22,26)(H,24,25). The monoisotopic (exact) mass is 358 g/mol. The van der Waals surface area contributed by atoms with Gasteiger partial charge in [0.1, 0.15) is 11.4 Å². The number of carbonyl (C=O) groups is 1. The van der Waals surface area contributed by atoms with Gasteiger partial charge in [0, 0.05) is 52.4 Å². The molecule has 0 saturated heterocycles. The van der Waals surface area contributed by atoms with Gasteiger partial charge in [-0.2, -0.15) is 0 Å². The SMILES string of the molecule is CCOc1ccccc1-c1c[nH]c2ncc(-c3cncc(C(N)=O)c3)cc12. The first kappa shape index (κ1) is 16.8. The highest BCUT2D eigenvalue weighted by molar-refractivity contribution is 5.98. The lowest BCUT2D eigenvalue weighted by Crippen LogP contribution is -2.11. The van der Waals surface area contributed by atoms with Crippen molar-refractivity contribution >= 4 is 16.9 Å². The van der Waals surface area contributed by atoms with Crippen molar-refractivity contribution in [2.45, 2.75) is 6.92 Å². The number of H-pyrrole nitrogens is 1. The van der Waals surface area contributed by atoms with E-state index >= 15 is 0 Å². The van der Waals surface area contributed by atoms with Crippen LogP contribution in [0.5, 0.6) is 5.75 Å². The largest absolute Gasteiger partial charge is 0.493 e. The number of aromatic amines is 1. The minimum Gasteiger partial charge on any atom is -0.493 e. The van der Waals surface area contributed by atoms with Crippen molar-refractivity contribution in [3.63, 3.8) is 0 Å². The number of rotatable bonds is 5. The van der Waals surface area contributed by atoms with Gasteiger partial charge in [-0.15, -0.1) is 0 Å². The second kappa shape index (κ2) is 6.92. The minimum absolute atomic E-state index is 0.364. The number of amides is 1. The Labute approximate surface area is 156 Å². The molecular formula is C21H18N4O2. The van der Waals surface area contributed by atoms with E-state index in [1.54, 1.807) is 18.5 Å². The van der Waals surface area contributed by atoms with E-state index in [1.165, 1.54) is 6.20 Å². The molecule has 0 unspecified atom stereocenters. The fourth-order valence-electron chi connectivity index (χ4n) is 3.09. The van der Waals surface area contributed by atoms with Gasteiger partial charge in [-0.1, -0.05) is 18.2 Å². The summed E-state index contributed by atoms with van der Waals surface area (Å²) in [5.74, 6) is 0.315. The van der Waals surface area contributed by atoms with E-state index in [0.29, 0.717) is 12.2 Å². The van der Waals surface area contributed by atoms with E-state index < -0.39 is 5.91 Å². The van der Waals surface area contributed by atoms with Gasteiger partial charge in [0.2, 0.25) is 5.91 Å². The molecule has 4 aromatic rings. The maximum Gasteiger partial charge on any atom is 0.250 e. The van der Waals surface area contributed by atoms with Crippen molar-refractivity contribution in [3.05, 3.63) is 66.7 Å². The van der Waals surface area contributed by atoms with Gasteiger partial charge in [0.05, 0.1) is 12.2 Å². The third-order valence-electron chi connectivity index (χ3n) is 4.36. The van der Waals surface area contributed by atoms with Gasteiger partial charge in [0.25, 0.3) is 0 Å². The van der Waals surface area contributed by atoms with Crippen molar-refractivity contribution in [1.29, 1.82) is 0 Å². The van der Waals surface area contributed by atoms with Gasteiger partial charge >= 0.3 is 0 Å². The van der Waals surface area contributed by atoms with Crippen molar-refractivity contribution in [2.24, 2.45) is 5.73 Å². The lowest BCUT2D eigenvalue weighted by Gasteiger charge is -2.09. The van der Waals surface area contributed by atoms with Gasteiger partial charge in [-0.05, 0) is 25.1 Å². The number of hydrogen-bond acceptors (Lipinski definition) is 4. The van der Waals surface area contributed by atoms with Crippen molar-refractivity contribution in [2.75, 3.05) is 6.61 Å². The van der Waals surface area contributed by atoms with Crippen LogP contribution < -0.4 is 10.5 Å². The van der Waals surface area contributed by atoms with Crippen LogP contribution >= 0.6 is 0 Å². The Hall–Kier alpha value is -3.67. The van der Waals surface area contributed by atoms with Crippen LogP contribution in [0.2, 0.25) is 0 Å². The molecule has 0 radical (unpaired) electrons. The van der Waals surface area contributed by atoms with E-state index in [1.807, 2.05) is 43.5 Å². The maximum absolute atomic E-state index is 11.4. The molecule has 0 saturated carbocycles. The van der Waals surface area contributed by atoms with E-state index in [-0.39, 0.29) is 0 Å². The molecule has 27 heavy (non-hydrogen) atoms. The van der Waals surface area contributed by atoms with Crippen LogP contribution in [0.4, 0.5) is 0 Å². The Balaban J connectivity index is 1.85. The number of nitrogens with one attached hydrogen (secondary N) is 1. The molecule has 3 heterocycles. The van der Waals surface area contributed by atoms with Crippen LogP contribution in [0.1, 0.15) is 17.3 Å². The molecule has 0 aliphatic carbocycles. The van der Waals surface area contributed by atoms with Crippen LogP contribution in [0, 0.1) is 0 Å². The Kier molecular flexibility index (Phi) is 4.30. The molecule has 0 fully saturated rings. The van der Waals surface area contributed by atoms with Gasteiger partial charge < -0.3 is 15.5 Å². The molecule has 3 aromatic heterocycles. The number of nitrogens with zero attached hydrogens (tertiary/aromatic N) is 2. The molecule has 6 heteroatoms. The van der Waals surface area contributed by atoms with Crippen LogP contribution in [0.15, 0.2) is 61.2 Å². The Morgan fingerprint density at radius 2 is 1.93 bits per heavy atom. The molecule has 0 bridgehead atoms.